The summed E-state index contributed by atoms with van der Waals surface area (Å²) in [4.78, 5) is 32.8. The zero-order chi connectivity index (χ0) is 22.8. The zero-order valence-corrected chi connectivity index (χ0v) is 19.9. The van der Waals surface area contributed by atoms with Crippen LogP contribution in [-0.2, 0) is 22.5 Å². The van der Waals surface area contributed by atoms with Crippen LogP contribution in [0.3, 0.4) is 0 Å². The maximum atomic E-state index is 13.9. The van der Waals surface area contributed by atoms with E-state index in [1.54, 1.807) is 23.6 Å². The van der Waals surface area contributed by atoms with Crippen LogP contribution in [0.25, 0.3) is 10.2 Å². The van der Waals surface area contributed by atoms with Crippen molar-refractivity contribution in [2.45, 2.75) is 63.1 Å². The number of para-hydroxylation sites is 1. The average molecular weight is 476 g/mol. The molecule has 0 aliphatic carbocycles. The molecule has 32 heavy (non-hydrogen) atoms. The van der Waals surface area contributed by atoms with Gasteiger partial charge in [-0.05, 0) is 50.8 Å². The van der Waals surface area contributed by atoms with Crippen molar-refractivity contribution in [3.05, 3.63) is 50.9 Å². The molecule has 2 aromatic heterocycles. The number of fused-ring (bicyclic) bond motifs is 1. The van der Waals surface area contributed by atoms with Gasteiger partial charge in [0.05, 0.1) is 29.0 Å². The number of amides is 1. The third-order valence-corrected chi connectivity index (χ3v) is 7.76. The SMILES string of the molecule is CCc1c(C)sc2nc(SC(C)C(=O)Nc3ccccc3F)n(CC3CCCO3)c(=O)c12. The van der Waals surface area contributed by atoms with Gasteiger partial charge in [0.2, 0.25) is 5.91 Å². The van der Waals surface area contributed by atoms with Crippen LogP contribution in [0.5, 0.6) is 0 Å². The summed E-state index contributed by atoms with van der Waals surface area (Å²) in [5.41, 5.74) is 1.08. The van der Waals surface area contributed by atoms with Gasteiger partial charge in [-0.15, -0.1) is 11.3 Å². The first kappa shape index (κ1) is 22.9. The first-order chi connectivity index (χ1) is 15.4. The smallest absolute Gasteiger partial charge is 0.263 e. The number of hydrogen-bond donors (Lipinski definition) is 1. The topological polar surface area (TPSA) is 73.2 Å². The maximum absolute atomic E-state index is 13.9. The molecule has 3 heterocycles. The molecule has 2 unspecified atom stereocenters. The van der Waals surface area contributed by atoms with E-state index in [1.165, 1.54) is 35.2 Å². The number of thiophene rings is 1. The number of aryl methyl sites for hydroxylation is 2. The molecule has 170 valence electrons. The summed E-state index contributed by atoms with van der Waals surface area (Å²) in [6, 6.07) is 6.05. The van der Waals surface area contributed by atoms with E-state index in [0.717, 1.165) is 29.7 Å². The fourth-order valence-corrected chi connectivity index (χ4v) is 5.98. The van der Waals surface area contributed by atoms with Crippen molar-refractivity contribution in [1.82, 2.24) is 9.55 Å². The van der Waals surface area contributed by atoms with E-state index >= 15 is 0 Å². The minimum atomic E-state index is -0.582. The van der Waals surface area contributed by atoms with Gasteiger partial charge in [0.25, 0.3) is 5.56 Å². The molecule has 1 aliphatic heterocycles. The number of hydrogen-bond acceptors (Lipinski definition) is 6. The number of aromatic nitrogens is 2. The molecule has 3 aromatic rings. The van der Waals surface area contributed by atoms with Crippen molar-refractivity contribution in [1.29, 1.82) is 0 Å². The van der Waals surface area contributed by atoms with Gasteiger partial charge in [0, 0.05) is 11.5 Å². The highest BCUT2D eigenvalue weighted by molar-refractivity contribution is 8.00. The fraction of sp³-hybridized carbons (Fsp3) is 0.435. The van der Waals surface area contributed by atoms with Crippen LogP contribution >= 0.6 is 23.1 Å². The quantitative estimate of drug-likeness (QED) is 0.394. The lowest BCUT2D eigenvalue weighted by molar-refractivity contribution is -0.115. The summed E-state index contributed by atoms with van der Waals surface area (Å²) < 4.78 is 21.4. The number of thioether (sulfide) groups is 1. The van der Waals surface area contributed by atoms with E-state index in [2.05, 4.69) is 5.32 Å². The van der Waals surface area contributed by atoms with E-state index in [-0.39, 0.29) is 23.3 Å². The van der Waals surface area contributed by atoms with Crippen LogP contribution in [0.1, 0.15) is 37.1 Å². The van der Waals surface area contributed by atoms with Crippen molar-refractivity contribution in [2.75, 3.05) is 11.9 Å². The number of benzene rings is 1. The van der Waals surface area contributed by atoms with Crippen molar-refractivity contribution in [2.24, 2.45) is 0 Å². The third-order valence-electron chi connectivity index (χ3n) is 5.62. The zero-order valence-electron chi connectivity index (χ0n) is 18.3. The van der Waals surface area contributed by atoms with E-state index in [0.29, 0.717) is 28.5 Å². The average Bonchev–Trinajstić information content (AvgIpc) is 3.39. The number of nitrogens with one attached hydrogen (secondary N) is 1. The summed E-state index contributed by atoms with van der Waals surface area (Å²) in [7, 11) is 0. The van der Waals surface area contributed by atoms with Crippen LogP contribution in [0, 0.1) is 12.7 Å². The summed E-state index contributed by atoms with van der Waals surface area (Å²) in [6.07, 6.45) is 2.58. The van der Waals surface area contributed by atoms with Gasteiger partial charge in [-0.3, -0.25) is 14.2 Å². The van der Waals surface area contributed by atoms with Crippen molar-refractivity contribution < 1.29 is 13.9 Å². The Hall–Kier alpha value is -2.23. The number of ether oxygens (including phenoxy) is 1. The highest BCUT2D eigenvalue weighted by atomic mass is 32.2. The molecule has 0 radical (unpaired) electrons. The normalized spacial score (nSPS) is 17.1. The number of carbonyl (C=O) groups is 1. The lowest BCUT2D eigenvalue weighted by Crippen LogP contribution is -2.30. The minimum absolute atomic E-state index is 0.0429. The Kier molecular flexibility index (Phi) is 6.97. The lowest BCUT2D eigenvalue weighted by Gasteiger charge is -2.18. The summed E-state index contributed by atoms with van der Waals surface area (Å²) in [5, 5.41) is 3.19. The van der Waals surface area contributed by atoms with Gasteiger partial charge < -0.3 is 10.1 Å². The Bertz CT molecular complexity index is 1200. The lowest BCUT2D eigenvalue weighted by atomic mass is 10.1. The van der Waals surface area contributed by atoms with Crippen LogP contribution in [0.2, 0.25) is 0 Å². The molecule has 1 saturated heterocycles. The summed E-state index contributed by atoms with van der Waals surface area (Å²) in [6.45, 7) is 6.87. The molecule has 0 saturated carbocycles. The Balaban J connectivity index is 1.67. The maximum Gasteiger partial charge on any atom is 0.263 e. The van der Waals surface area contributed by atoms with E-state index in [9.17, 15) is 14.0 Å². The number of rotatable bonds is 7. The Morgan fingerprint density at radius 1 is 1.44 bits per heavy atom. The molecule has 1 fully saturated rings. The Labute approximate surface area is 194 Å². The molecular formula is C23H26FN3O3S2. The minimum Gasteiger partial charge on any atom is -0.376 e. The first-order valence-electron chi connectivity index (χ1n) is 10.8. The van der Waals surface area contributed by atoms with Crippen molar-refractivity contribution >= 4 is 44.9 Å². The van der Waals surface area contributed by atoms with Crippen LogP contribution < -0.4 is 10.9 Å². The largest absolute Gasteiger partial charge is 0.376 e. The first-order valence-corrected chi connectivity index (χ1v) is 12.4. The van der Waals surface area contributed by atoms with Gasteiger partial charge in [0.15, 0.2) is 5.16 Å². The number of carbonyl (C=O) groups excluding carboxylic acids is 1. The fourth-order valence-electron chi connectivity index (χ4n) is 3.91. The third kappa shape index (κ3) is 4.60. The van der Waals surface area contributed by atoms with Crippen molar-refractivity contribution in [3.8, 4) is 0 Å². The van der Waals surface area contributed by atoms with Crippen molar-refractivity contribution in [3.63, 3.8) is 0 Å². The molecule has 6 nitrogen and oxygen atoms in total. The second kappa shape index (κ2) is 9.72. The number of halogens is 1. The molecule has 1 N–H and O–H groups in total. The van der Waals surface area contributed by atoms with Crippen LogP contribution in [0.4, 0.5) is 10.1 Å². The summed E-state index contributed by atoms with van der Waals surface area (Å²) in [5.74, 6) is -0.844. The molecule has 1 amide bonds. The molecule has 1 aromatic carbocycles. The number of nitrogens with zero attached hydrogens (tertiary/aromatic N) is 2. The molecule has 2 atom stereocenters. The highest BCUT2D eigenvalue weighted by Crippen LogP contribution is 2.31. The number of anilines is 1. The Morgan fingerprint density at radius 2 is 2.22 bits per heavy atom. The van der Waals surface area contributed by atoms with E-state index in [4.69, 9.17) is 9.72 Å². The standard InChI is InChI=1S/C23H26FN3O3S2/c1-4-16-13(2)31-21-19(16)22(29)27(12-15-8-7-11-30-15)23(26-21)32-14(3)20(28)25-18-10-6-5-9-17(18)24/h5-6,9-10,14-15H,4,7-8,11-12H2,1-3H3,(H,25,28). The molecule has 1 aliphatic rings. The molecule has 0 bridgehead atoms. The Morgan fingerprint density at radius 3 is 2.91 bits per heavy atom. The second-order valence-corrected chi connectivity index (χ2v) is 10.4. The summed E-state index contributed by atoms with van der Waals surface area (Å²) >= 11 is 2.71. The van der Waals surface area contributed by atoms with Gasteiger partial charge in [0.1, 0.15) is 10.6 Å². The van der Waals surface area contributed by atoms with E-state index < -0.39 is 11.1 Å². The van der Waals surface area contributed by atoms with Gasteiger partial charge >= 0.3 is 0 Å². The monoisotopic (exact) mass is 475 g/mol. The highest BCUT2D eigenvalue weighted by Gasteiger charge is 2.25. The van der Waals surface area contributed by atoms with Gasteiger partial charge in [-0.2, -0.15) is 0 Å². The van der Waals surface area contributed by atoms with E-state index in [1.807, 2.05) is 13.8 Å². The molecule has 0 spiro atoms. The molecule has 4 rings (SSSR count). The van der Waals surface area contributed by atoms with Gasteiger partial charge in [-0.25, -0.2) is 9.37 Å². The predicted molar refractivity (Wildman–Crippen MR) is 127 cm³/mol. The van der Waals surface area contributed by atoms with Crippen LogP contribution in [0.15, 0.2) is 34.2 Å². The van der Waals surface area contributed by atoms with Gasteiger partial charge in [-0.1, -0.05) is 30.8 Å². The van der Waals surface area contributed by atoms with Crippen LogP contribution in [-0.4, -0.2) is 33.4 Å². The molecule has 9 heteroatoms. The molecular weight excluding hydrogens is 449 g/mol. The second-order valence-electron chi connectivity index (χ2n) is 7.84. The predicted octanol–water partition coefficient (Wildman–Crippen LogP) is 4.77.